The van der Waals surface area contributed by atoms with Gasteiger partial charge in [0.25, 0.3) is 0 Å². The third kappa shape index (κ3) is 2.41. The third-order valence-electron chi connectivity index (χ3n) is 2.55. The van der Waals surface area contributed by atoms with Gasteiger partial charge in [0.05, 0.1) is 18.0 Å². The Labute approximate surface area is 96.2 Å². The minimum atomic E-state index is -4.36. The molecule has 0 radical (unpaired) electrons. The molecule has 1 heterocycles. The van der Waals surface area contributed by atoms with Gasteiger partial charge in [-0.3, -0.25) is 5.01 Å². The van der Waals surface area contributed by atoms with Crippen LogP contribution in [0.3, 0.4) is 0 Å². The number of alkyl halides is 3. The summed E-state index contributed by atoms with van der Waals surface area (Å²) in [6, 6.07) is 6.45. The Bertz CT molecular complexity index is 416. The quantitative estimate of drug-likeness (QED) is 0.865. The van der Waals surface area contributed by atoms with Gasteiger partial charge in [-0.15, -0.1) is 0 Å². The molecule has 92 valence electrons. The Morgan fingerprint density at radius 2 is 1.94 bits per heavy atom. The first-order valence-electron chi connectivity index (χ1n) is 5.10. The summed E-state index contributed by atoms with van der Waals surface area (Å²) in [5.41, 5.74) is 0.523. The maximum absolute atomic E-state index is 12.8. The van der Waals surface area contributed by atoms with Crippen LogP contribution < -0.4 is 5.01 Å². The largest absolute Gasteiger partial charge is 0.411 e. The lowest BCUT2D eigenvalue weighted by Crippen LogP contribution is -2.40. The monoisotopic (exact) mass is 244 g/mol. The summed E-state index contributed by atoms with van der Waals surface area (Å²) in [5.74, 6) is 0. The van der Waals surface area contributed by atoms with E-state index in [0.717, 1.165) is 5.01 Å². The van der Waals surface area contributed by atoms with Gasteiger partial charge in [0.2, 0.25) is 0 Å². The van der Waals surface area contributed by atoms with Gasteiger partial charge < -0.3 is 5.11 Å². The van der Waals surface area contributed by atoms with E-state index in [1.165, 1.54) is 0 Å². The highest BCUT2D eigenvalue weighted by Gasteiger charge is 2.47. The van der Waals surface area contributed by atoms with Crippen LogP contribution in [0.1, 0.15) is 6.42 Å². The summed E-state index contributed by atoms with van der Waals surface area (Å²) in [6.07, 6.45) is -4.65. The van der Waals surface area contributed by atoms with Gasteiger partial charge in [-0.1, -0.05) is 18.2 Å². The molecule has 0 saturated carbocycles. The van der Waals surface area contributed by atoms with Gasteiger partial charge in [0, 0.05) is 6.42 Å². The lowest BCUT2D eigenvalue weighted by molar-refractivity contribution is -0.145. The van der Waals surface area contributed by atoms with Crippen molar-refractivity contribution in [3.8, 4) is 0 Å². The van der Waals surface area contributed by atoms with Crippen molar-refractivity contribution in [1.82, 2.24) is 0 Å². The zero-order chi connectivity index (χ0) is 12.5. The van der Waals surface area contributed by atoms with Gasteiger partial charge in [-0.25, -0.2) is 0 Å². The van der Waals surface area contributed by atoms with Crippen LogP contribution in [-0.4, -0.2) is 29.6 Å². The van der Waals surface area contributed by atoms with Crippen LogP contribution in [0.5, 0.6) is 0 Å². The van der Waals surface area contributed by atoms with E-state index in [1.54, 1.807) is 30.3 Å². The topological polar surface area (TPSA) is 35.8 Å². The Morgan fingerprint density at radius 3 is 2.47 bits per heavy atom. The summed E-state index contributed by atoms with van der Waals surface area (Å²) in [7, 11) is 0. The number of nitrogens with zero attached hydrogens (tertiary/aromatic N) is 2. The van der Waals surface area contributed by atoms with E-state index in [9.17, 15) is 13.2 Å². The average molecular weight is 244 g/mol. The Balaban J connectivity index is 2.32. The van der Waals surface area contributed by atoms with Gasteiger partial charge in [-0.05, 0) is 12.1 Å². The first-order chi connectivity index (χ1) is 8.02. The molecule has 3 nitrogen and oxygen atoms in total. The number of rotatable bonds is 2. The second-order valence-corrected chi connectivity index (χ2v) is 3.77. The number of aliphatic hydroxyl groups is 1. The van der Waals surface area contributed by atoms with E-state index in [1.807, 2.05) is 0 Å². The molecule has 1 aromatic rings. The van der Waals surface area contributed by atoms with Crippen molar-refractivity contribution in [1.29, 1.82) is 0 Å². The van der Waals surface area contributed by atoms with Crippen LogP contribution in [0.25, 0.3) is 0 Å². The van der Waals surface area contributed by atoms with Crippen LogP contribution in [-0.2, 0) is 0 Å². The maximum atomic E-state index is 12.8. The molecule has 0 saturated heterocycles. The molecule has 1 N–H and O–H groups in total. The minimum Gasteiger partial charge on any atom is -0.390 e. The second kappa shape index (κ2) is 4.37. The number of anilines is 1. The number of hydrogen-bond donors (Lipinski definition) is 1. The lowest BCUT2D eigenvalue weighted by Gasteiger charge is -2.25. The fourth-order valence-corrected chi connectivity index (χ4v) is 1.74. The molecule has 0 bridgehead atoms. The highest BCUT2D eigenvalue weighted by atomic mass is 19.4. The molecule has 0 aliphatic carbocycles. The average Bonchev–Trinajstić information content (AvgIpc) is 2.74. The summed E-state index contributed by atoms with van der Waals surface area (Å²) in [6.45, 7) is -0.448. The number of halogens is 3. The fraction of sp³-hybridized carbons (Fsp3) is 0.364. The first-order valence-corrected chi connectivity index (χ1v) is 5.10. The smallest absolute Gasteiger partial charge is 0.390 e. The highest BCUT2D eigenvalue weighted by molar-refractivity contribution is 5.89. The van der Waals surface area contributed by atoms with Crippen molar-refractivity contribution in [2.75, 3.05) is 11.6 Å². The van der Waals surface area contributed by atoms with Crippen LogP contribution in [0, 0.1) is 0 Å². The maximum Gasteiger partial charge on any atom is 0.411 e. The molecule has 0 fully saturated rings. The molecule has 6 heteroatoms. The van der Waals surface area contributed by atoms with Crippen molar-refractivity contribution in [2.45, 2.75) is 18.6 Å². The van der Waals surface area contributed by atoms with Crippen molar-refractivity contribution < 1.29 is 18.3 Å². The lowest BCUT2D eigenvalue weighted by atomic mass is 10.1. The zero-order valence-corrected chi connectivity index (χ0v) is 8.85. The Kier molecular flexibility index (Phi) is 3.06. The SMILES string of the molecule is OCC1=NN(c2ccccc2)C(C(F)(F)F)C1. The standard InChI is InChI=1S/C11H11F3N2O/c12-11(13,14)10-6-8(7-17)15-16(10)9-4-2-1-3-5-9/h1-5,10,17H,6-7H2. The third-order valence-corrected chi connectivity index (χ3v) is 2.55. The van der Waals surface area contributed by atoms with Crippen LogP contribution in [0.2, 0.25) is 0 Å². The molecule has 1 atom stereocenters. The molecule has 2 rings (SSSR count). The number of hydrogen-bond acceptors (Lipinski definition) is 3. The summed E-state index contributed by atoms with van der Waals surface area (Å²) >= 11 is 0. The van der Waals surface area contributed by atoms with Crippen molar-refractivity contribution in [3.63, 3.8) is 0 Å². The van der Waals surface area contributed by atoms with E-state index in [2.05, 4.69) is 5.10 Å². The van der Waals surface area contributed by atoms with Crippen molar-refractivity contribution in [3.05, 3.63) is 30.3 Å². The van der Waals surface area contributed by atoms with E-state index < -0.39 is 18.8 Å². The summed E-state index contributed by atoms with van der Waals surface area (Å²) < 4.78 is 38.4. The van der Waals surface area contributed by atoms with E-state index in [0.29, 0.717) is 5.69 Å². The van der Waals surface area contributed by atoms with Crippen molar-refractivity contribution >= 4 is 11.4 Å². The normalized spacial score (nSPS) is 20.6. The summed E-state index contributed by atoms with van der Waals surface area (Å²) in [4.78, 5) is 0. The zero-order valence-electron chi connectivity index (χ0n) is 8.85. The molecule has 0 aromatic heterocycles. The number of aliphatic hydroxyl groups excluding tert-OH is 1. The number of benzene rings is 1. The number of hydrazone groups is 1. The Morgan fingerprint density at radius 1 is 1.29 bits per heavy atom. The van der Waals surface area contributed by atoms with Gasteiger partial charge >= 0.3 is 6.18 Å². The molecular weight excluding hydrogens is 233 g/mol. The van der Waals surface area contributed by atoms with Gasteiger partial charge in [0.15, 0.2) is 6.04 Å². The predicted octanol–water partition coefficient (Wildman–Crippen LogP) is 2.18. The second-order valence-electron chi connectivity index (χ2n) is 3.77. The molecule has 0 amide bonds. The number of para-hydroxylation sites is 1. The molecule has 1 unspecified atom stereocenters. The van der Waals surface area contributed by atoms with E-state index in [4.69, 9.17) is 5.11 Å². The molecule has 0 spiro atoms. The predicted molar refractivity (Wildman–Crippen MR) is 57.9 cm³/mol. The minimum absolute atomic E-state index is 0.149. The molecular formula is C11H11F3N2O. The van der Waals surface area contributed by atoms with E-state index in [-0.39, 0.29) is 12.1 Å². The molecule has 1 aliphatic heterocycles. The molecule has 17 heavy (non-hydrogen) atoms. The van der Waals surface area contributed by atoms with Gasteiger partial charge in [0.1, 0.15) is 0 Å². The van der Waals surface area contributed by atoms with Gasteiger partial charge in [-0.2, -0.15) is 18.3 Å². The first kappa shape index (κ1) is 11.9. The van der Waals surface area contributed by atoms with E-state index >= 15 is 0 Å². The molecule has 1 aliphatic rings. The van der Waals surface area contributed by atoms with Crippen LogP contribution >= 0.6 is 0 Å². The van der Waals surface area contributed by atoms with Crippen LogP contribution in [0.4, 0.5) is 18.9 Å². The highest BCUT2D eigenvalue weighted by Crippen LogP contribution is 2.34. The fourth-order valence-electron chi connectivity index (χ4n) is 1.74. The van der Waals surface area contributed by atoms with Crippen molar-refractivity contribution in [2.24, 2.45) is 5.10 Å². The molecule has 1 aromatic carbocycles. The summed E-state index contributed by atoms with van der Waals surface area (Å²) in [5, 5.41) is 13.6. The Hall–Kier alpha value is -1.56. The van der Waals surface area contributed by atoms with Crippen LogP contribution in [0.15, 0.2) is 35.4 Å².